The zero-order valence-corrected chi connectivity index (χ0v) is 13.3. The molecule has 0 spiro atoms. The van der Waals surface area contributed by atoms with Crippen molar-refractivity contribution >= 4 is 11.8 Å². The number of carboxylic acid groups (broad SMARTS) is 1. The van der Waals surface area contributed by atoms with E-state index in [1.807, 2.05) is 0 Å². The van der Waals surface area contributed by atoms with Gasteiger partial charge in [-0.2, -0.15) is 0 Å². The normalized spacial score (nSPS) is 19.7. The first kappa shape index (κ1) is 15.2. The van der Waals surface area contributed by atoms with Crippen LogP contribution in [0, 0.1) is 6.92 Å². The van der Waals surface area contributed by atoms with E-state index in [9.17, 15) is 4.79 Å². The van der Waals surface area contributed by atoms with Crippen molar-refractivity contribution in [3.63, 3.8) is 0 Å². The van der Waals surface area contributed by atoms with Crippen molar-refractivity contribution in [3.8, 4) is 0 Å². The van der Waals surface area contributed by atoms with Gasteiger partial charge in [0.2, 0.25) is 0 Å². The van der Waals surface area contributed by atoms with Crippen LogP contribution in [-0.4, -0.2) is 60.3 Å². The molecule has 3 rings (SSSR count). The molecule has 120 valence electrons. The monoisotopic (exact) mass is 303 g/mol. The summed E-state index contributed by atoms with van der Waals surface area (Å²) >= 11 is 0. The largest absolute Gasteiger partial charge is 0.465 e. The lowest BCUT2D eigenvalue weighted by molar-refractivity contribution is 0.103. The smallest absolute Gasteiger partial charge is 0.407 e. The van der Waals surface area contributed by atoms with Crippen molar-refractivity contribution in [1.82, 2.24) is 9.80 Å². The minimum atomic E-state index is -0.800. The minimum Gasteiger partial charge on any atom is -0.465 e. The average Bonchev–Trinajstić information content (AvgIpc) is 3.04. The fourth-order valence-electron chi connectivity index (χ4n) is 3.37. The molecule has 2 heterocycles. The van der Waals surface area contributed by atoms with Crippen LogP contribution in [0.4, 0.5) is 10.5 Å². The first-order valence-electron chi connectivity index (χ1n) is 8.18. The van der Waals surface area contributed by atoms with E-state index in [0.29, 0.717) is 13.1 Å². The molecule has 5 heteroatoms. The van der Waals surface area contributed by atoms with Crippen molar-refractivity contribution in [2.75, 3.05) is 44.2 Å². The van der Waals surface area contributed by atoms with Gasteiger partial charge in [0.1, 0.15) is 0 Å². The molecule has 2 fully saturated rings. The Kier molecular flexibility index (Phi) is 4.52. The Bertz CT molecular complexity index is 533. The molecule has 5 nitrogen and oxygen atoms in total. The number of benzene rings is 1. The quantitative estimate of drug-likeness (QED) is 0.931. The van der Waals surface area contributed by atoms with Gasteiger partial charge in [0, 0.05) is 51.5 Å². The van der Waals surface area contributed by atoms with Crippen LogP contribution in [0.25, 0.3) is 0 Å². The van der Waals surface area contributed by atoms with Gasteiger partial charge in [-0.1, -0.05) is 6.07 Å². The molecule has 22 heavy (non-hydrogen) atoms. The Morgan fingerprint density at radius 3 is 2.36 bits per heavy atom. The highest BCUT2D eigenvalue weighted by Crippen LogP contribution is 2.24. The number of aryl methyl sites for hydroxylation is 1. The van der Waals surface area contributed by atoms with Gasteiger partial charge in [0.25, 0.3) is 0 Å². The second-order valence-electron chi connectivity index (χ2n) is 6.35. The molecule has 0 saturated carbocycles. The third-order valence-corrected chi connectivity index (χ3v) is 4.83. The SMILES string of the molecule is Cc1cc(N2CCCC2)ccc1CN1CCN(C(=O)O)CC1. The van der Waals surface area contributed by atoms with Crippen molar-refractivity contribution in [2.24, 2.45) is 0 Å². The summed E-state index contributed by atoms with van der Waals surface area (Å²) in [6.45, 7) is 8.31. The Hall–Kier alpha value is -1.75. The maximum absolute atomic E-state index is 10.9. The highest BCUT2D eigenvalue weighted by molar-refractivity contribution is 5.65. The molecule has 1 aromatic rings. The Balaban J connectivity index is 1.60. The van der Waals surface area contributed by atoms with Crippen molar-refractivity contribution in [3.05, 3.63) is 29.3 Å². The molecular weight excluding hydrogens is 278 g/mol. The summed E-state index contributed by atoms with van der Waals surface area (Å²) in [6, 6.07) is 6.78. The number of amides is 1. The van der Waals surface area contributed by atoms with Gasteiger partial charge < -0.3 is 14.9 Å². The highest BCUT2D eigenvalue weighted by atomic mass is 16.4. The lowest BCUT2D eigenvalue weighted by Crippen LogP contribution is -2.47. The number of anilines is 1. The van der Waals surface area contributed by atoms with Crippen LogP contribution in [-0.2, 0) is 6.54 Å². The van der Waals surface area contributed by atoms with E-state index in [2.05, 4.69) is 34.9 Å². The fraction of sp³-hybridized carbons (Fsp3) is 0.588. The maximum atomic E-state index is 10.9. The second-order valence-corrected chi connectivity index (χ2v) is 6.35. The average molecular weight is 303 g/mol. The van der Waals surface area contributed by atoms with Gasteiger partial charge in [0.05, 0.1) is 0 Å². The van der Waals surface area contributed by atoms with Gasteiger partial charge in [-0.15, -0.1) is 0 Å². The minimum absolute atomic E-state index is 0.611. The number of hydrogen-bond acceptors (Lipinski definition) is 3. The molecule has 0 bridgehead atoms. The van der Waals surface area contributed by atoms with E-state index in [-0.39, 0.29) is 0 Å². The Morgan fingerprint density at radius 2 is 1.77 bits per heavy atom. The lowest BCUT2D eigenvalue weighted by Gasteiger charge is -2.33. The topological polar surface area (TPSA) is 47.0 Å². The summed E-state index contributed by atoms with van der Waals surface area (Å²) in [6.07, 6.45) is 1.80. The predicted molar refractivity (Wildman–Crippen MR) is 87.5 cm³/mol. The van der Waals surface area contributed by atoms with Gasteiger partial charge in [-0.25, -0.2) is 4.79 Å². The molecule has 1 aromatic carbocycles. The predicted octanol–water partition coefficient (Wildman–Crippen LogP) is 2.39. The van der Waals surface area contributed by atoms with Crippen LogP contribution in [0.1, 0.15) is 24.0 Å². The van der Waals surface area contributed by atoms with Crippen molar-refractivity contribution in [2.45, 2.75) is 26.3 Å². The van der Waals surface area contributed by atoms with Crippen LogP contribution in [0.5, 0.6) is 0 Å². The first-order valence-corrected chi connectivity index (χ1v) is 8.18. The van der Waals surface area contributed by atoms with E-state index >= 15 is 0 Å². The zero-order chi connectivity index (χ0) is 15.5. The first-order chi connectivity index (χ1) is 10.6. The number of nitrogens with zero attached hydrogens (tertiary/aromatic N) is 3. The van der Waals surface area contributed by atoms with Gasteiger partial charge in [0.15, 0.2) is 0 Å². The van der Waals surface area contributed by atoms with E-state index in [1.165, 1.54) is 47.6 Å². The van der Waals surface area contributed by atoms with Crippen LogP contribution in [0.2, 0.25) is 0 Å². The molecular formula is C17H25N3O2. The van der Waals surface area contributed by atoms with Crippen LogP contribution < -0.4 is 4.90 Å². The number of piperazine rings is 1. The zero-order valence-electron chi connectivity index (χ0n) is 13.3. The standard InChI is InChI=1S/C17H25N3O2/c1-14-12-16(19-6-2-3-7-19)5-4-15(14)13-18-8-10-20(11-9-18)17(21)22/h4-5,12H,2-3,6-11,13H2,1H3,(H,21,22). The highest BCUT2D eigenvalue weighted by Gasteiger charge is 2.21. The van der Waals surface area contributed by atoms with Crippen molar-refractivity contribution < 1.29 is 9.90 Å². The van der Waals surface area contributed by atoms with Gasteiger partial charge in [-0.05, 0) is 43.0 Å². The molecule has 0 atom stereocenters. The Morgan fingerprint density at radius 1 is 1.09 bits per heavy atom. The van der Waals surface area contributed by atoms with E-state index in [4.69, 9.17) is 5.11 Å². The summed E-state index contributed by atoms with van der Waals surface area (Å²) in [5, 5.41) is 9.00. The summed E-state index contributed by atoms with van der Waals surface area (Å²) in [5.74, 6) is 0. The second kappa shape index (κ2) is 6.57. The molecule has 1 amide bonds. The number of rotatable bonds is 3. The third kappa shape index (κ3) is 3.35. The van der Waals surface area contributed by atoms with Crippen LogP contribution >= 0.6 is 0 Å². The summed E-state index contributed by atoms with van der Waals surface area (Å²) in [4.78, 5) is 17.2. The van der Waals surface area contributed by atoms with E-state index in [1.54, 1.807) is 0 Å². The molecule has 2 aliphatic heterocycles. The molecule has 0 aliphatic carbocycles. The molecule has 2 saturated heterocycles. The van der Waals surface area contributed by atoms with Gasteiger partial charge in [-0.3, -0.25) is 4.90 Å². The molecule has 0 aromatic heterocycles. The number of carbonyl (C=O) groups is 1. The molecule has 0 radical (unpaired) electrons. The third-order valence-electron chi connectivity index (χ3n) is 4.83. The summed E-state index contributed by atoms with van der Waals surface area (Å²) in [5.41, 5.74) is 4.03. The Labute approximate surface area is 132 Å². The van der Waals surface area contributed by atoms with Gasteiger partial charge >= 0.3 is 6.09 Å². The molecule has 0 unspecified atom stereocenters. The van der Waals surface area contributed by atoms with Crippen LogP contribution in [0.15, 0.2) is 18.2 Å². The maximum Gasteiger partial charge on any atom is 0.407 e. The molecule has 2 aliphatic rings. The summed E-state index contributed by atoms with van der Waals surface area (Å²) in [7, 11) is 0. The van der Waals surface area contributed by atoms with Crippen molar-refractivity contribution in [1.29, 1.82) is 0 Å². The fourth-order valence-corrected chi connectivity index (χ4v) is 3.37. The summed E-state index contributed by atoms with van der Waals surface area (Å²) < 4.78 is 0. The van der Waals surface area contributed by atoms with E-state index in [0.717, 1.165) is 19.6 Å². The lowest BCUT2D eigenvalue weighted by atomic mass is 10.1. The number of hydrogen-bond donors (Lipinski definition) is 1. The molecule has 1 N–H and O–H groups in total. The van der Waals surface area contributed by atoms with Crippen LogP contribution in [0.3, 0.4) is 0 Å². The van der Waals surface area contributed by atoms with E-state index < -0.39 is 6.09 Å².